The summed E-state index contributed by atoms with van der Waals surface area (Å²) < 4.78 is 0. The van der Waals surface area contributed by atoms with Crippen molar-refractivity contribution in [2.75, 3.05) is 6.54 Å². The number of nitrogens with one attached hydrogen (secondary N) is 1. The molecule has 0 aromatic heterocycles. The maximum atomic E-state index is 12.1. The van der Waals surface area contributed by atoms with Crippen LogP contribution in [0.1, 0.15) is 52.9 Å². The minimum atomic E-state index is 0.169. The molecule has 1 saturated carbocycles. The van der Waals surface area contributed by atoms with Crippen LogP contribution < -0.4 is 5.32 Å². The van der Waals surface area contributed by atoms with Crippen LogP contribution >= 0.6 is 0 Å². The first-order valence-corrected chi connectivity index (χ1v) is 6.55. The third kappa shape index (κ3) is 2.33. The average Bonchev–Trinajstić information content (AvgIpc) is 2.58. The predicted molar refractivity (Wildman–Crippen MR) is 65.4 cm³/mol. The Balaban J connectivity index is 1.93. The highest BCUT2D eigenvalue weighted by Crippen LogP contribution is 2.32. The molecule has 1 atom stereocenters. The molecular formula is C13H24N2O. The molecule has 0 aromatic rings. The van der Waals surface area contributed by atoms with E-state index in [0.717, 1.165) is 19.4 Å². The number of hydrogen-bond donors (Lipinski definition) is 1. The Morgan fingerprint density at radius 1 is 1.19 bits per heavy atom. The van der Waals surface area contributed by atoms with E-state index in [9.17, 15) is 4.79 Å². The van der Waals surface area contributed by atoms with Crippen LogP contribution in [0.2, 0.25) is 0 Å². The highest BCUT2D eigenvalue weighted by Gasteiger charge is 2.37. The van der Waals surface area contributed by atoms with Gasteiger partial charge < -0.3 is 10.2 Å². The molecule has 1 aliphatic heterocycles. The zero-order valence-electron chi connectivity index (χ0n) is 10.8. The van der Waals surface area contributed by atoms with E-state index in [1.807, 2.05) is 0 Å². The minimum Gasteiger partial charge on any atom is -0.335 e. The van der Waals surface area contributed by atoms with E-state index in [1.165, 1.54) is 19.3 Å². The van der Waals surface area contributed by atoms with Gasteiger partial charge in [0.1, 0.15) is 0 Å². The van der Waals surface area contributed by atoms with Crippen molar-refractivity contribution in [1.82, 2.24) is 10.2 Å². The molecule has 92 valence electrons. The van der Waals surface area contributed by atoms with E-state index in [1.54, 1.807) is 0 Å². The van der Waals surface area contributed by atoms with Gasteiger partial charge in [-0.2, -0.15) is 0 Å². The molecule has 0 spiro atoms. The number of likely N-dealkylation sites (tertiary alicyclic amines) is 1. The standard InChI is InChI=1S/C13H24N2O/c1-13(2,3)11-8-5-9-15(11)12(16)14-10-6-4-7-10/h10-11H,4-9H2,1-3H3,(H,14,16). The second-order valence-corrected chi connectivity index (χ2v) is 6.29. The number of amides is 2. The summed E-state index contributed by atoms with van der Waals surface area (Å²) in [4.78, 5) is 14.2. The molecule has 1 heterocycles. The van der Waals surface area contributed by atoms with Gasteiger partial charge in [0.25, 0.3) is 0 Å². The molecule has 2 rings (SSSR count). The van der Waals surface area contributed by atoms with Crippen LogP contribution in [0, 0.1) is 5.41 Å². The Bertz CT molecular complexity index is 266. The lowest BCUT2D eigenvalue weighted by Gasteiger charge is -2.37. The lowest BCUT2D eigenvalue weighted by atomic mass is 9.85. The number of rotatable bonds is 1. The second kappa shape index (κ2) is 4.27. The predicted octanol–water partition coefficient (Wildman–Crippen LogP) is 2.76. The Morgan fingerprint density at radius 2 is 1.88 bits per heavy atom. The average molecular weight is 224 g/mol. The lowest BCUT2D eigenvalue weighted by Crippen LogP contribution is -2.51. The van der Waals surface area contributed by atoms with E-state index in [-0.39, 0.29) is 11.4 Å². The van der Waals surface area contributed by atoms with Gasteiger partial charge >= 0.3 is 6.03 Å². The number of carbonyl (C=O) groups excluding carboxylic acids is 1. The summed E-state index contributed by atoms with van der Waals surface area (Å²) in [5.41, 5.74) is 0.202. The second-order valence-electron chi connectivity index (χ2n) is 6.29. The smallest absolute Gasteiger partial charge is 0.317 e. The first-order valence-electron chi connectivity index (χ1n) is 6.55. The molecule has 2 aliphatic rings. The van der Waals surface area contributed by atoms with E-state index >= 15 is 0 Å². The SMILES string of the molecule is CC(C)(C)C1CCCN1C(=O)NC1CCC1. The number of urea groups is 1. The Kier molecular flexibility index (Phi) is 3.13. The van der Waals surface area contributed by atoms with Crippen molar-refractivity contribution >= 4 is 6.03 Å². The lowest BCUT2D eigenvalue weighted by molar-refractivity contribution is 0.139. The Hall–Kier alpha value is -0.730. The molecule has 0 bridgehead atoms. The molecule has 16 heavy (non-hydrogen) atoms. The molecule has 1 aliphatic carbocycles. The summed E-state index contributed by atoms with van der Waals surface area (Å²) in [6, 6.07) is 1.03. The molecule has 2 fully saturated rings. The quantitative estimate of drug-likeness (QED) is 0.730. The van der Waals surface area contributed by atoms with Gasteiger partial charge in [0.05, 0.1) is 0 Å². The van der Waals surface area contributed by atoms with Crippen molar-refractivity contribution in [3.05, 3.63) is 0 Å². The molecule has 0 radical (unpaired) electrons. The van der Waals surface area contributed by atoms with Gasteiger partial charge in [-0.1, -0.05) is 20.8 Å². The van der Waals surface area contributed by atoms with E-state index in [2.05, 4.69) is 31.0 Å². The number of nitrogens with zero attached hydrogens (tertiary/aromatic N) is 1. The van der Waals surface area contributed by atoms with Crippen LogP contribution in [0.25, 0.3) is 0 Å². The van der Waals surface area contributed by atoms with E-state index in [0.29, 0.717) is 12.1 Å². The van der Waals surface area contributed by atoms with Crippen molar-refractivity contribution in [1.29, 1.82) is 0 Å². The molecule has 1 unspecified atom stereocenters. The van der Waals surface area contributed by atoms with Crippen LogP contribution in [-0.2, 0) is 0 Å². The van der Waals surface area contributed by atoms with Gasteiger partial charge in [0.15, 0.2) is 0 Å². The van der Waals surface area contributed by atoms with E-state index in [4.69, 9.17) is 0 Å². The molecule has 1 saturated heterocycles. The maximum Gasteiger partial charge on any atom is 0.317 e. The first-order chi connectivity index (χ1) is 7.48. The monoisotopic (exact) mass is 224 g/mol. The van der Waals surface area contributed by atoms with Gasteiger partial charge in [-0.25, -0.2) is 4.79 Å². The van der Waals surface area contributed by atoms with Crippen LogP contribution in [0.3, 0.4) is 0 Å². The molecule has 3 heteroatoms. The van der Waals surface area contributed by atoms with Gasteiger partial charge in [0.2, 0.25) is 0 Å². The number of carbonyl (C=O) groups is 1. The van der Waals surface area contributed by atoms with Crippen LogP contribution in [0.4, 0.5) is 4.79 Å². The third-order valence-corrected chi connectivity index (χ3v) is 3.95. The van der Waals surface area contributed by atoms with Gasteiger partial charge in [0, 0.05) is 18.6 Å². The first kappa shape index (κ1) is 11.7. The maximum absolute atomic E-state index is 12.1. The van der Waals surface area contributed by atoms with Crippen molar-refractivity contribution in [2.45, 2.75) is 65.0 Å². The van der Waals surface area contributed by atoms with Crippen LogP contribution in [0.15, 0.2) is 0 Å². The summed E-state index contributed by atoms with van der Waals surface area (Å²) in [7, 11) is 0. The Morgan fingerprint density at radius 3 is 2.38 bits per heavy atom. The molecule has 3 nitrogen and oxygen atoms in total. The minimum absolute atomic E-state index is 0.169. The summed E-state index contributed by atoms with van der Waals surface area (Å²) in [5.74, 6) is 0. The van der Waals surface area contributed by atoms with Gasteiger partial charge in [-0.3, -0.25) is 0 Å². The fourth-order valence-electron chi connectivity index (χ4n) is 2.72. The Labute approximate surface area is 98.6 Å². The highest BCUT2D eigenvalue weighted by molar-refractivity contribution is 5.75. The zero-order valence-corrected chi connectivity index (χ0v) is 10.8. The normalized spacial score (nSPS) is 26.7. The third-order valence-electron chi connectivity index (χ3n) is 3.95. The van der Waals surface area contributed by atoms with E-state index < -0.39 is 0 Å². The fourth-order valence-corrected chi connectivity index (χ4v) is 2.72. The van der Waals surface area contributed by atoms with Gasteiger partial charge in [-0.05, 0) is 37.5 Å². The van der Waals surface area contributed by atoms with Crippen molar-refractivity contribution in [3.8, 4) is 0 Å². The highest BCUT2D eigenvalue weighted by atomic mass is 16.2. The summed E-state index contributed by atoms with van der Waals surface area (Å²) in [6.07, 6.45) is 5.91. The summed E-state index contributed by atoms with van der Waals surface area (Å²) >= 11 is 0. The van der Waals surface area contributed by atoms with Crippen molar-refractivity contribution in [2.24, 2.45) is 5.41 Å². The molecule has 2 amide bonds. The fraction of sp³-hybridized carbons (Fsp3) is 0.923. The number of hydrogen-bond acceptors (Lipinski definition) is 1. The molecule has 1 N–H and O–H groups in total. The largest absolute Gasteiger partial charge is 0.335 e. The molecular weight excluding hydrogens is 200 g/mol. The van der Waals surface area contributed by atoms with Crippen LogP contribution in [-0.4, -0.2) is 29.6 Å². The summed E-state index contributed by atoms with van der Waals surface area (Å²) in [5, 5.41) is 3.15. The summed E-state index contributed by atoms with van der Waals surface area (Å²) in [6.45, 7) is 7.62. The van der Waals surface area contributed by atoms with Crippen molar-refractivity contribution < 1.29 is 4.79 Å². The molecule has 0 aromatic carbocycles. The van der Waals surface area contributed by atoms with Crippen LogP contribution in [0.5, 0.6) is 0 Å². The van der Waals surface area contributed by atoms with Gasteiger partial charge in [-0.15, -0.1) is 0 Å². The topological polar surface area (TPSA) is 32.3 Å². The van der Waals surface area contributed by atoms with Crippen molar-refractivity contribution in [3.63, 3.8) is 0 Å². The zero-order chi connectivity index (χ0) is 11.8.